The molecule has 7 fully saturated rings. The van der Waals surface area contributed by atoms with Gasteiger partial charge in [-0.3, -0.25) is 0 Å². The number of carbonyl (C=O) groups excluding carboxylic acids is 1. The molecule has 8 aliphatic rings. The first kappa shape index (κ1) is 39.6. The number of aliphatic hydroxyl groups is 5. The fourth-order valence-electron chi connectivity index (χ4n) is 12.8. The first-order valence-electron chi connectivity index (χ1n) is 20.8. The normalized spacial score (nSPS) is 55.0. The van der Waals surface area contributed by atoms with Crippen molar-refractivity contribution in [3.63, 3.8) is 0 Å². The first-order valence-corrected chi connectivity index (χ1v) is 20.8. The molecule has 306 valence electrons. The zero-order valence-electron chi connectivity index (χ0n) is 32.6. The molecule has 13 nitrogen and oxygen atoms in total. The van der Waals surface area contributed by atoms with Crippen LogP contribution in [0.4, 0.5) is 0 Å². The number of aliphatic hydroxyl groups excluding tert-OH is 4. The van der Waals surface area contributed by atoms with Crippen molar-refractivity contribution in [3.8, 4) is 0 Å². The van der Waals surface area contributed by atoms with Crippen LogP contribution in [0.3, 0.4) is 0 Å². The average molecular weight is 765 g/mol. The Hall–Kier alpha value is -1.23. The maximum atomic E-state index is 12.6. The van der Waals surface area contributed by atoms with Crippen LogP contribution in [-0.2, 0) is 38.0 Å². The summed E-state index contributed by atoms with van der Waals surface area (Å²) in [6, 6.07) is 0. The van der Waals surface area contributed by atoms with E-state index in [1.807, 2.05) is 6.92 Å². The zero-order valence-corrected chi connectivity index (χ0v) is 32.6. The molecular weight excluding hydrogens is 700 g/mol. The third-order valence-electron chi connectivity index (χ3n) is 15.9. The highest BCUT2D eigenvalue weighted by molar-refractivity contribution is 5.85. The van der Waals surface area contributed by atoms with Crippen LogP contribution in [-0.4, -0.2) is 124 Å². The topological polar surface area (TPSA) is 183 Å². The molecule has 0 aromatic rings. The summed E-state index contributed by atoms with van der Waals surface area (Å²) in [5.74, 6) is 1.13. The molecule has 3 saturated heterocycles. The molecule has 4 heterocycles. The van der Waals surface area contributed by atoms with Crippen molar-refractivity contribution in [1.29, 1.82) is 0 Å². The van der Waals surface area contributed by atoms with E-state index in [1.54, 1.807) is 19.9 Å². The van der Waals surface area contributed by atoms with E-state index in [-0.39, 0.29) is 54.0 Å². The lowest BCUT2D eigenvalue weighted by atomic mass is 9.43. The molecule has 20 atom stereocenters. The lowest BCUT2D eigenvalue weighted by Crippen LogP contribution is -2.62. The number of hydrogen-bond acceptors (Lipinski definition) is 13. The van der Waals surface area contributed by atoms with Gasteiger partial charge in [0.05, 0.1) is 48.3 Å². The van der Waals surface area contributed by atoms with Gasteiger partial charge in [0.25, 0.3) is 0 Å². The summed E-state index contributed by atoms with van der Waals surface area (Å²) in [5, 5.41) is 55.0. The third kappa shape index (κ3) is 6.82. The molecule has 0 unspecified atom stereocenters. The highest BCUT2D eigenvalue weighted by Gasteiger charge is 2.68. The van der Waals surface area contributed by atoms with Gasteiger partial charge < -0.3 is 58.7 Å². The molecule has 54 heavy (non-hydrogen) atoms. The van der Waals surface area contributed by atoms with E-state index in [9.17, 15) is 30.3 Å². The van der Waals surface area contributed by atoms with E-state index in [4.69, 9.17) is 33.2 Å². The van der Waals surface area contributed by atoms with Crippen LogP contribution < -0.4 is 0 Å². The molecular formula is C41H64O13. The number of carbonyl (C=O) groups is 1. The lowest BCUT2D eigenvalue weighted by molar-refractivity contribution is -0.336. The summed E-state index contributed by atoms with van der Waals surface area (Å²) in [4.78, 5) is 11.9. The van der Waals surface area contributed by atoms with Gasteiger partial charge in [0.15, 0.2) is 18.9 Å². The quantitative estimate of drug-likeness (QED) is 0.188. The molecule has 0 amide bonds. The highest BCUT2D eigenvalue weighted by atomic mass is 16.7. The summed E-state index contributed by atoms with van der Waals surface area (Å²) >= 11 is 0. The molecule has 8 rings (SSSR count). The monoisotopic (exact) mass is 764 g/mol. The molecule has 0 aromatic carbocycles. The second kappa shape index (κ2) is 14.9. The smallest absolute Gasteiger partial charge is 0.331 e. The van der Waals surface area contributed by atoms with Crippen LogP contribution in [0.15, 0.2) is 11.6 Å². The SMILES string of the molecule is C[C@H]1O[C@@H](O[C@@H]2[C@H](O)C[C@@H](O[C@@H]3[C@H](O)C[C@@H](O[C@H]4CC[C@@]5(C)[C@@H](CC[C@H]6[C@H]5CC[C@]5(C)[C@H](C7=CC(=O)OC7)CC[C@]65O)C4)O[C@@H]3C)O[C@@H]2C)C[C@H](O)[C@H]1O. The summed E-state index contributed by atoms with van der Waals surface area (Å²) in [6.45, 7) is 10.4. The summed E-state index contributed by atoms with van der Waals surface area (Å²) in [5.41, 5.74) is 0.215. The second-order valence-corrected chi connectivity index (χ2v) is 18.7. The van der Waals surface area contributed by atoms with Crippen LogP contribution in [0.25, 0.3) is 0 Å². The predicted octanol–water partition coefficient (Wildman–Crippen LogP) is 3.25. The Balaban J connectivity index is 0.826. The van der Waals surface area contributed by atoms with Crippen molar-refractivity contribution in [1.82, 2.24) is 0 Å². The largest absolute Gasteiger partial charge is 0.458 e. The Labute approximate surface area is 319 Å². The Morgan fingerprint density at radius 2 is 1.30 bits per heavy atom. The number of esters is 1. The van der Waals surface area contributed by atoms with Gasteiger partial charge in [0.2, 0.25) is 0 Å². The fraction of sp³-hybridized carbons (Fsp3) is 0.927. The number of ether oxygens (including phenoxy) is 7. The van der Waals surface area contributed by atoms with Crippen LogP contribution in [0, 0.1) is 34.5 Å². The molecule has 0 radical (unpaired) electrons. The molecule has 0 spiro atoms. The first-order chi connectivity index (χ1) is 25.6. The van der Waals surface area contributed by atoms with Crippen molar-refractivity contribution in [2.75, 3.05) is 6.61 Å². The van der Waals surface area contributed by atoms with E-state index in [0.29, 0.717) is 18.4 Å². The molecule has 0 aromatic heterocycles. The molecule has 0 bridgehead atoms. The number of hydrogen-bond donors (Lipinski definition) is 5. The van der Waals surface area contributed by atoms with E-state index < -0.39 is 79.4 Å². The Morgan fingerprint density at radius 3 is 1.89 bits per heavy atom. The van der Waals surface area contributed by atoms with Crippen molar-refractivity contribution >= 4 is 5.97 Å². The van der Waals surface area contributed by atoms with Crippen LogP contribution >= 0.6 is 0 Å². The van der Waals surface area contributed by atoms with Crippen LogP contribution in [0.1, 0.15) is 112 Å². The van der Waals surface area contributed by atoms with Crippen molar-refractivity contribution in [2.45, 2.75) is 197 Å². The number of cyclic esters (lactones) is 1. The molecule has 4 aliphatic carbocycles. The molecule has 4 aliphatic heterocycles. The lowest BCUT2D eigenvalue weighted by Gasteiger charge is -2.64. The van der Waals surface area contributed by atoms with E-state index in [2.05, 4.69) is 13.8 Å². The van der Waals surface area contributed by atoms with Crippen molar-refractivity contribution < 1.29 is 63.5 Å². The van der Waals surface area contributed by atoms with E-state index >= 15 is 0 Å². The van der Waals surface area contributed by atoms with Crippen LogP contribution in [0.5, 0.6) is 0 Å². The maximum Gasteiger partial charge on any atom is 0.331 e. The van der Waals surface area contributed by atoms with E-state index in [1.165, 1.54) is 0 Å². The Bertz CT molecular complexity index is 1370. The van der Waals surface area contributed by atoms with Gasteiger partial charge in [0, 0.05) is 30.8 Å². The van der Waals surface area contributed by atoms with Gasteiger partial charge in [-0.25, -0.2) is 4.79 Å². The number of fused-ring (bicyclic) bond motifs is 5. The molecule has 5 N–H and O–H groups in total. The molecule has 13 heteroatoms. The minimum atomic E-state index is -0.996. The second-order valence-electron chi connectivity index (χ2n) is 18.7. The highest BCUT2D eigenvalue weighted by Crippen LogP contribution is 2.70. The summed E-state index contributed by atoms with van der Waals surface area (Å²) < 4.78 is 42.2. The fourth-order valence-corrected chi connectivity index (χ4v) is 12.8. The summed E-state index contributed by atoms with van der Waals surface area (Å²) in [6.07, 6.45) is 1.90. The van der Waals surface area contributed by atoms with Gasteiger partial charge in [-0.2, -0.15) is 0 Å². The van der Waals surface area contributed by atoms with Gasteiger partial charge in [0.1, 0.15) is 24.9 Å². The van der Waals surface area contributed by atoms with Gasteiger partial charge in [-0.15, -0.1) is 0 Å². The molecule has 4 saturated carbocycles. The summed E-state index contributed by atoms with van der Waals surface area (Å²) in [7, 11) is 0. The number of rotatable bonds is 7. The maximum absolute atomic E-state index is 12.6. The van der Waals surface area contributed by atoms with E-state index in [0.717, 1.165) is 63.4 Å². The van der Waals surface area contributed by atoms with Gasteiger partial charge in [-0.05, 0) is 113 Å². The Kier molecular flexibility index (Phi) is 10.9. The minimum absolute atomic E-state index is 0.0243. The Morgan fingerprint density at radius 1 is 0.685 bits per heavy atom. The standard InChI is InChI=1S/C41H64O13/c1-20-36(46)29(42)16-34(49-20)53-38-22(3)51-35(18-31(38)44)54-37-21(2)50-33(17-30(37)43)52-25-8-11-39(4)24(15-25)6-7-28-27(39)9-12-40(5)26(10-13-41(28,40)47)23-14-32(45)48-19-23/h14,20-22,24-31,33-38,42-44,46-47H,6-13,15-19H2,1-5H3/t20-,21-,22-,24+,25+,26+,27-,28+,29+,30-,31-,33-,34+,35-,36+,37+,38+,39+,40-,41+/m1/s1. The van der Waals surface area contributed by atoms with Crippen molar-refractivity contribution in [2.24, 2.45) is 34.5 Å². The van der Waals surface area contributed by atoms with Crippen molar-refractivity contribution in [3.05, 3.63) is 11.6 Å². The predicted molar refractivity (Wildman–Crippen MR) is 191 cm³/mol. The third-order valence-corrected chi connectivity index (χ3v) is 15.9. The minimum Gasteiger partial charge on any atom is -0.458 e. The average Bonchev–Trinajstić information content (AvgIpc) is 3.66. The zero-order chi connectivity index (χ0) is 38.3. The van der Waals surface area contributed by atoms with Gasteiger partial charge >= 0.3 is 5.97 Å². The van der Waals surface area contributed by atoms with Crippen LogP contribution in [0.2, 0.25) is 0 Å². The van der Waals surface area contributed by atoms with Gasteiger partial charge in [-0.1, -0.05) is 13.8 Å².